The van der Waals surface area contributed by atoms with E-state index in [1.807, 2.05) is 28.9 Å². The van der Waals surface area contributed by atoms with Crippen molar-refractivity contribution in [3.63, 3.8) is 0 Å². The quantitative estimate of drug-likeness (QED) is 0.815. The van der Waals surface area contributed by atoms with Crippen molar-refractivity contribution < 1.29 is 9.13 Å². The Kier molecular flexibility index (Phi) is 6.31. The first-order chi connectivity index (χ1) is 11.6. The molecule has 1 saturated carbocycles. The van der Waals surface area contributed by atoms with Crippen molar-refractivity contribution in [1.29, 1.82) is 0 Å². The highest BCUT2D eigenvalue weighted by atomic mass is 19.1. The Bertz CT molecular complexity index is 698. The number of nitrogens with two attached hydrogens (primary N) is 1. The van der Waals surface area contributed by atoms with Crippen LogP contribution in [0.2, 0.25) is 0 Å². The van der Waals surface area contributed by atoms with Crippen LogP contribution in [0.1, 0.15) is 51.9 Å². The third-order valence-electron chi connectivity index (χ3n) is 4.04. The maximum absolute atomic E-state index is 12.5. The number of nitrogens with zero attached hydrogens (tertiary/aromatic N) is 3. The molecule has 1 heterocycles. The van der Waals surface area contributed by atoms with Crippen molar-refractivity contribution in [2.24, 2.45) is 5.73 Å². The Labute approximate surface area is 148 Å². The van der Waals surface area contributed by atoms with Crippen molar-refractivity contribution in [2.45, 2.75) is 46.1 Å². The summed E-state index contributed by atoms with van der Waals surface area (Å²) in [5.74, 6) is 3.04. The van der Waals surface area contributed by atoms with Crippen molar-refractivity contribution in [3.8, 4) is 17.1 Å². The van der Waals surface area contributed by atoms with Crippen LogP contribution >= 0.6 is 0 Å². The van der Waals surface area contributed by atoms with Gasteiger partial charge in [0.25, 0.3) is 0 Å². The Balaban J connectivity index is 0.00000225. The molecule has 0 bridgehead atoms. The summed E-state index contributed by atoms with van der Waals surface area (Å²) >= 11 is 0. The lowest BCUT2D eigenvalue weighted by molar-refractivity contribution is 0.347. The number of hydrogen-bond acceptors (Lipinski definition) is 4. The zero-order chi connectivity index (χ0) is 17.1. The fraction of sp³-hybridized carbons (Fsp3) is 0.474. The molecule has 5 nitrogen and oxygen atoms in total. The fourth-order valence-corrected chi connectivity index (χ4v) is 2.47. The lowest BCUT2D eigenvalue weighted by Crippen LogP contribution is -2.10. The summed E-state index contributed by atoms with van der Waals surface area (Å²) in [5, 5.41) is 4.66. The van der Waals surface area contributed by atoms with Crippen LogP contribution in [0, 0.1) is 0 Å². The molecule has 0 saturated heterocycles. The molecule has 25 heavy (non-hydrogen) atoms. The number of hydrogen-bond donors (Lipinski definition) is 1. The Hall–Kier alpha value is -2.21. The van der Waals surface area contributed by atoms with Gasteiger partial charge in [-0.1, -0.05) is 7.43 Å². The summed E-state index contributed by atoms with van der Waals surface area (Å²) in [5.41, 5.74) is 6.78. The summed E-state index contributed by atoms with van der Waals surface area (Å²) in [7, 11) is 0. The van der Waals surface area contributed by atoms with Gasteiger partial charge in [-0.3, -0.25) is 0 Å². The first-order valence-electron chi connectivity index (χ1n) is 8.30. The summed E-state index contributed by atoms with van der Waals surface area (Å²) in [6, 6.07) is 7.83. The largest absolute Gasteiger partial charge is 0.489 e. The zero-order valence-corrected chi connectivity index (χ0v) is 14.1. The second-order valence-corrected chi connectivity index (χ2v) is 6.39. The van der Waals surface area contributed by atoms with Crippen LogP contribution in [0.4, 0.5) is 4.39 Å². The lowest BCUT2D eigenvalue weighted by atomic mass is 10.2. The zero-order valence-electron chi connectivity index (χ0n) is 14.1. The Morgan fingerprint density at radius 3 is 2.56 bits per heavy atom. The molecule has 1 aromatic carbocycles. The highest BCUT2D eigenvalue weighted by molar-refractivity contribution is 5.56. The van der Waals surface area contributed by atoms with Crippen molar-refractivity contribution >= 4 is 0 Å². The summed E-state index contributed by atoms with van der Waals surface area (Å²) < 4.78 is 20.0. The standard InChI is InChI=1S/C18H23FN4O.CH4/c1-12(2)23-18(15-3-4-15)21-17(22-23)14-5-7-16(8-6-14)24-11-13(9-19)10-20;/h5-9,12,15H,3-4,10-11,20H2,1-2H3;1H4/b13-9+;. The minimum Gasteiger partial charge on any atom is -0.489 e. The smallest absolute Gasteiger partial charge is 0.181 e. The monoisotopic (exact) mass is 346 g/mol. The SMILES string of the molecule is C.CC(C)n1nc(-c2ccc(OC/C(=C/F)CN)cc2)nc1C1CC1. The average Bonchev–Trinajstić information content (AvgIpc) is 3.34. The van der Waals surface area contributed by atoms with Gasteiger partial charge in [-0.05, 0) is 51.0 Å². The highest BCUT2D eigenvalue weighted by Gasteiger charge is 2.30. The van der Waals surface area contributed by atoms with Gasteiger partial charge in [-0.25, -0.2) is 14.1 Å². The van der Waals surface area contributed by atoms with Crippen LogP contribution in [-0.2, 0) is 0 Å². The van der Waals surface area contributed by atoms with Crippen LogP contribution in [-0.4, -0.2) is 27.9 Å². The topological polar surface area (TPSA) is 66.0 Å². The molecule has 0 amide bonds. The van der Waals surface area contributed by atoms with Gasteiger partial charge < -0.3 is 10.5 Å². The van der Waals surface area contributed by atoms with Crippen molar-refractivity contribution in [3.05, 3.63) is 42.0 Å². The molecule has 1 aliphatic rings. The van der Waals surface area contributed by atoms with E-state index in [-0.39, 0.29) is 20.6 Å². The second kappa shape index (κ2) is 8.25. The molecule has 1 aliphatic carbocycles. The van der Waals surface area contributed by atoms with E-state index in [0.29, 0.717) is 29.6 Å². The average molecular weight is 346 g/mol. The molecule has 136 valence electrons. The van der Waals surface area contributed by atoms with Crippen LogP contribution in [0.5, 0.6) is 5.75 Å². The van der Waals surface area contributed by atoms with Gasteiger partial charge in [-0.15, -0.1) is 0 Å². The van der Waals surface area contributed by atoms with Gasteiger partial charge in [0.15, 0.2) is 5.82 Å². The number of benzene rings is 1. The molecule has 2 N–H and O–H groups in total. The summed E-state index contributed by atoms with van der Waals surface area (Å²) in [4.78, 5) is 4.73. The molecule has 6 heteroatoms. The van der Waals surface area contributed by atoms with E-state index >= 15 is 0 Å². The number of halogens is 1. The van der Waals surface area contributed by atoms with Gasteiger partial charge in [0.2, 0.25) is 0 Å². The molecular formula is C19H27FN4O. The third kappa shape index (κ3) is 4.45. The molecule has 0 unspecified atom stereocenters. The van der Waals surface area contributed by atoms with E-state index in [4.69, 9.17) is 15.5 Å². The van der Waals surface area contributed by atoms with E-state index < -0.39 is 0 Å². The molecule has 1 fully saturated rings. The lowest BCUT2D eigenvalue weighted by Gasteiger charge is -2.08. The van der Waals surface area contributed by atoms with Crippen molar-refractivity contribution in [1.82, 2.24) is 14.8 Å². The summed E-state index contributed by atoms with van der Waals surface area (Å²) in [6.45, 7) is 4.54. The predicted octanol–water partition coefficient (Wildman–Crippen LogP) is 4.23. The normalized spacial score (nSPS) is 14.5. The maximum atomic E-state index is 12.5. The number of aromatic nitrogens is 3. The molecule has 0 spiro atoms. The molecule has 0 atom stereocenters. The minimum absolute atomic E-state index is 0. The molecule has 1 aromatic heterocycles. The molecule has 2 aromatic rings. The van der Waals surface area contributed by atoms with Gasteiger partial charge in [0.1, 0.15) is 18.2 Å². The van der Waals surface area contributed by atoms with E-state index in [1.54, 1.807) is 0 Å². The highest BCUT2D eigenvalue weighted by Crippen LogP contribution is 2.40. The van der Waals surface area contributed by atoms with E-state index in [9.17, 15) is 4.39 Å². The Morgan fingerprint density at radius 2 is 2.04 bits per heavy atom. The number of rotatable bonds is 7. The van der Waals surface area contributed by atoms with Crippen LogP contribution in [0.15, 0.2) is 36.2 Å². The first-order valence-corrected chi connectivity index (χ1v) is 8.30. The van der Waals surface area contributed by atoms with Crippen LogP contribution in [0.25, 0.3) is 11.4 Å². The Morgan fingerprint density at radius 1 is 1.36 bits per heavy atom. The molecular weight excluding hydrogens is 319 g/mol. The van der Waals surface area contributed by atoms with Crippen LogP contribution in [0.3, 0.4) is 0 Å². The van der Waals surface area contributed by atoms with Crippen molar-refractivity contribution in [2.75, 3.05) is 13.2 Å². The minimum atomic E-state index is 0. The fourth-order valence-electron chi connectivity index (χ4n) is 2.47. The van der Waals surface area contributed by atoms with Gasteiger partial charge in [0.05, 0.1) is 6.33 Å². The first kappa shape index (κ1) is 19.1. The van der Waals surface area contributed by atoms with Gasteiger partial charge >= 0.3 is 0 Å². The second-order valence-electron chi connectivity index (χ2n) is 6.39. The van der Waals surface area contributed by atoms with Gasteiger partial charge in [-0.2, -0.15) is 5.10 Å². The summed E-state index contributed by atoms with van der Waals surface area (Å²) in [6.07, 6.45) is 2.89. The van der Waals surface area contributed by atoms with E-state index in [1.165, 1.54) is 12.8 Å². The molecule has 3 rings (SSSR count). The number of ether oxygens (including phenoxy) is 1. The van der Waals surface area contributed by atoms with Crippen LogP contribution < -0.4 is 10.5 Å². The maximum Gasteiger partial charge on any atom is 0.181 e. The van der Waals surface area contributed by atoms with Gasteiger partial charge in [0, 0.05) is 29.6 Å². The molecule has 0 aliphatic heterocycles. The van der Waals surface area contributed by atoms with E-state index in [0.717, 1.165) is 17.2 Å². The van der Waals surface area contributed by atoms with E-state index in [2.05, 4.69) is 18.9 Å². The third-order valence-corrected chi connectivity index (χ3v) is 4.04. The molecule has 0 radical (unpaired) electrons. The predicted molar refractivity (Wildman–Crippen MR) is 98.3 cm³/mol.